The first kappa shape index (κ1) is 12.9. The highest BCUT2D eigenvalue weighted by molar-refractivity contribution is 7.91. The maximum Gasteiger partial charge on any atom is 0.151 e. The average Bonchev–Trinajstić information content (AvgIpc) is 2.52. The molecule has 1 heterocycles. The Morgan fingerprint density at radius 3 is 2.60 bits per heavy atom. The molecule has 90 valence electrons. The molecule has 2 atom stereocenters. The van der Waals surface area contributed by atoms with E-state index in [0.29, 0.717) is 12.8 Å². The number of rotatable bonds is 5. The molecular weight excluding hydrogens is 214 g/mol. The number of aliphatic hydroxyl groups is 1. The van der Waals surface area contributed by atoms with Crippen LogP contribution in [0.5, 0.6) is 0 Å². The van der Waals surface area contributed by atoms with Crippen LogP contribution >= 0.6 is 0 Å². The van der Waals surface area contributed by atoms with Crippen molar-refractivity contribution < 1.29 is 13.5 Å². The number of aliphatic hydroxyl groups excluding tert-OH is 1. The minimum Gasteiger partial charge on any atom is -0.392 e. The second-order valence-electron chi connectivity index (χ2n) is 4.57. The predicted octanol–water partition coefficient (Wildman–Crippen LogP) is 0.301. The zero-order valence-corrected chi connectivity index (χ0v) is 10.1. The van der Waals surface area contributed by atoms with Gasteiger partial charge in [-0.3, -0.25) is 0 Å². The van der Waals surface area contributed by atoms with Gasteiger partial charge in [0.05, 0.1) is 17.6 Å². The zero-order valence-electron chi connectivity index (χ0n) is 9.28. The monoisotopic (exact) mass is 235 g/mol. The lowest BCUT2D eigenvalue weighted by Gasteiger charge is -2.31. The van der Waals surface area contributed by atoms with E-state index in [4.69, 9.17) is 5.73 Å². The summed E-state index contributed by atoms with van der Waals surface area (Å²) < 4.78 is 22.8. The predicted molar refractivity (Wildman–Crippen MR) is 60.3 cm³/mol. The molecule has 1 rings (SSSR count). The molecule has 1 aliphatic rings. The molecule has 4 nitrogen and oxygen atoms in total. The Kier molecular flexibility index (Phi) is 4.14. The SMILES string of the molecule is CCCCC(O)C1(CN)CCS(=O)(=O)C1. The van der Waals surface area contributed by atoms with Gasteiger partial charge < -0.3 is 10.8 Å². The Bertz CT molecular complexity index is 302. The number of sulfone groups is 1. The molecule has 1 fully saturated rings. The van der Waals surface area contributed by atoms with Crippen LogP contribution in [0.4, 0.5) is 0 Å². The molecule has 0 saturated carbocycles. The summed E-state index contributed by atoms with van der Waals surface area (Å²) in [4.78, 5) is 0. The Morgan fingerprint density at radius 2 is 2.20 bits per heavy atom. The van der Waals surface area contributed by atoms with Crippen LogP contribution < -0.4 is 5.73 Å². The van der Waals surface area contributed by atoms with E-state index in [-0.39, 0.29) is 18.1 Å². The van der Waals surface area contributed by atoms with Gasteiger partial charge in [0.1, 0.15) is 0 Å². The van der Waals surface area contributed by atoms with Crippen LogP contribution in [-0.4, -0.2) is 37.7 Å². The van der Waals surface area contributed by atoms with E-state index in [1.165, 1.54) is 0 Å². The minimum absolute atomic E-state index is 0.0569. The van der Waals surface area contributed by atoms with Crippen LogP contribution in [0.15, 0.2) is 0 Å². The van der Waals surface area contributed by atoms with Crippen molar-refractivity contribution in [2.75, 3.05) is 18.1 Å². The topological polar surface area (TPSA) is 80.4 Å². The van der Waals surface area contributed by atoms with Gasteiger partial charge in [-0.1, -0.05) is 19.8 Å². The van der Waals surface area contributed by atoms with Crippen molar-refractivity contribution in [3.05, 3.63) is 0 Å². The third kappa shape index (κ3) is 2.92. The molecule has 0 aromatic carbocycles. The molecule has 0 spiro atoms. The van der Waals surface area contributed by atoms with Crippen LogP contribution in [0.1, 0.15) is 32.6 Å². The van der Waals surface area contributed by atoms with Crippen LogP contribution in [-0.2, 0) is 9.84 Å². The van der Waals surface area contributed by atoms with Gasteiger partial charge in [0, 0.05) is 12.0 Å². The number of unbranched alkanes of at least 4 members (excludes halogenated alkanes) is 1. The largest absolute Gasteiger partial charge is 0.392 e. The molecule has 0 aromatic rings. The van der Waals surface area contributed by atoms with Gasteiger partial charge in [0.2, 0.25) is 0 Å². The van der Waals surface area contributed by atoms with E-state index >= 15 is 0 Å². The molecule has 5 heteroatoms. The first-order valence-corrected chi connectivity index (χ1v) is 7.36. The third-order valence-corrected chi connectivity index (χ3v) is 5.20. The maximum atomic E-state index is 11.4. The Morgan fingerprint density at radius 1 is 1.53 bits per heavy atom. The lowest BCUT2D eigenvalue weighted by molar-refractivity contribution is 0.0394. The fraction of sp³-hybridized carbons (Fsp3) is 1.00. The summed E-state index contributed by atoms with van der Waals surface area (Å²) in [6, 6.07) is 0. The van der Waals surface area contributed by atoms with Crippen LogP contribution in [0, 0.1) is 5.41 Å². The van der Waals surface area contributed by atoms with E-state index in [1.807, 2.05) is 6.92 Å². The van der Waals surface area contributed by atoms with Gasteiger partial charge in [-0.15, -0.1) is 0 Å². The summed E-state index contributed by atoms with van der Waals surface area (Å²) in [6.07, 6.45) is 2.52. The molecule has 0 bridgehead atoms. The van der Waals surface area contributed by atoms with Gasteiger partial charge in [0.25, 0.3) is 0 Å². The van der Waals surface area contributed by atoms with Gasteiger partial charge in [-0.2, -0.15) is 0 Å². The quantitative estimate of drug-likeness (QED) is 0.718. The fourth-order valence-electron chi connectivity index (χ4n) is 2.20. The Balaban J connectivity index is 2.70. The maximum absolute atomic E-state index is 11.4. The van der Waals surface area contributed by atoms with Crippen molar-refractivity contribution in [1.29, 1.82) is 0 Å². The molecular formula is C10H21NO3S. The fourth-order valence-corrected chi connectivity index (χ4v) is 4.40. The van der Waals surface area contributed by atoms with Crippen LogP contribution in [0.3, 0.4) is 0 Å². The summed E-state index contributed by atoms with van der Waals surface area (Å²) in [5.74, 6) is 0.231. The number of hydrogen-bond donors (Lipinski definition) is 2. The smallest absolute Gasteiger partial charge is 0.151 e. The lowest BCUT2D eigenvalue weighted by Crippen LogP contribution is -2.42. The molecule has 1 saturated heterocycles. The molecule has 0 aliphatic carbocycles. The van der Waals surface area contributed by atoms with E-state index < -0.39 is 21.4 Å². The van der Waals surface area contributed by atoms with Gasteiger partial charge in [0.15, 0.2) is 9.84 Å². The number of hydrogen-bond acceptors (Lipinski definition) is 4. The number of nitrogens with two attached hydrogens (primary N) is 1. The summed E-state index contributed by atoms with van der Waals surface area (Å²) in [5.41, 5.74) is 5.06. The van der Waals surface area contributed by atoms with Gasteiger partial charge >= 0.3 is 0 Å². The van der Waals surface area contributed by atoms with E-state index in [1.54, 1.807) is 0 Å². The highest BCUT2D eigenvalue weighted by Crippen LogP contribution is 2.36. The van der Waals surface area contributed by atoms with Crippen molar-refractivity contribution in [3.63, 3.8) is 0 Å². The summed E-state index contributed by atoms with van der Waals surface area (Å²) >= 11 is 0. The Hall–Kier alpha value is -0.130. The molecule has 0 aromatic heterocycles. The Labute approximate surface area is 91.8 Å². The van der Waals surface area contributed by atoms with Crippen LogP contribution in [0.25, 0.3) is 0 Å². The van der Waals surface area contributed by atoms with Gasteiger partial charge in [-0.25, -0.2) is 8.42 Å². The standard InChI is InChI=1S/C10H21NO3S/c1-2-3-4-9(12)10(7-11)5-6-15(13,14)8-10/h9,12H,2-8,11H2,1H3. The molecule has 2 unspecified atom stereocenters. The summed E-state index contributed by atoms with van der Waals surface area (Å²) in [7, 11) is -2.98. The molecule has 0 radical (unpaired) electrons. The molecule has 0 amide bonds. The minimum atomic E-state index is -2.98. The molecule has 1 aliphatic heterocycles. The van der Waals surface area contributed by atoms with Crippen molar-refractivity contribution in [2.45, 2.75) is 38.7 Å². The highest BCUT2D eigenvalue weighted by Gasteiger charge is 2.45. The van der Waals surface area contributed by atoms with Crippen molar-refractivity contribution in [1.82, 2.24) is 0 Å². The third-order valence-electron chi connectivity index (χ3n) is 3.36. The summed E-state index contributed by atoms with van der Waals surface area (Å²) in [6.45, 7) is 2.31. The van der Waals surface area contributed by atoms with Crippen molar-refractivity contribution in [2.24, 2.45) is 11.1 Å². The summed E-state index contributed by atoms with van der Waals surface area (Å²) in [5, 5.41) is 10.0. The molecule has 3 N–H and O–H groups in total. The average molecular weight is 235 g/mol. The second kappa shape index (κ2) is 4.80. The van der Waals surface area contributed by atoms with Gasteiger partial charge in [-0.05, 0) is 12.8 Å². The van der Waals surface area contributed by atoms with E-state index in [0.717, 1.165) is 12.8 Å². The zero-order chi connectivity index (χ0) is 11.5. The van der Waals surface area contributed by atoms with Crippen molar-refractivity contribution >= 4 is 9.84 Å². The normalized spacial score (nSPS) is 31.7. The molecule has 15 heavy (non-hydrogen) atoms. The first-order chi connectivity index (χ1) is 6.96. The highest BCUT2D eigenvalue weighted by atomic mass is 32.2. The second-order valence-corrected chi connectivity index (χ2v) is 6.75. The first-order valence-electron chi connectivity index (χ1n) is 5.54. The van der Waals surface area contributed by atoms with E-state index in [9.17, 15) is 13.5 Å². The van der Waals surface area contributed by atoms with E-state index in [2.05, 4.69) is 0 Å². The lowest BCUT2D eigenvalue weighted by atomic mass is 9.79. The van der Waals surface area contributed by atoms with Crippen molar-refractivity contribution in [3.8, 4) is 0 Å². The van der Waals surface area contributed by atoms with Crippen LogP contribution in [0.2, 0.25) is 0 Å².